The van der Waals surface area contributed by atoms with Gasteiger partial charge in [0.1, 0.15) is 4.99 Å². The first-order chi connectivity index (χ1) is 9.94. The molecule has 1 saturated heterocycles. The minimum absolute atomic E-state index is 0.198. The molecule has 0 bridgehead atoms. The predicted molar refractivity (Wildman–Crippen MR) is 89.7 cm³/mol. The van der Waals surface area contributed by atoms with Crippen LogP contribution in [0.25, 0.3) is 0 Å². The van der Waals surface area contributed by atoms with Crippen molar-refractivity contribution in [2.75, 3.05) is 24.4 Å². The average Bonchev–Trinajstić information content (AvgIpc) is 2.76. The van der Waals surface area contributed by atoms with Gasteiger partial charge >= 0.3 is 10.2 Å². The van der Waals surface area contributed by atoms with Crippen LogP contribution in [0.1, 0.15) is 31.2 Å². The molecule has 1 aromatic carbocycles. The Labute approximate surface area is 131 Å². The lowest BCUT2D eigenvalue weighted by Crippen LogP contribution is -2.43. The van der Waals surface area contributed by atoms with E-state index >= 15 is 0 Å². The molecule has 0 aromatic heterocycles. The molecule has 0 atom stereocenters. The summed E-state index contributed by atoms with van der Waals surface area (Å²) in [4.78, 5) is 0.198. The van der Waals surface area contributed by atoms with Crippen LogP contribution in [-0.4, -0.2) is 37.8 Å². The van der Waals surface area contributed by atoms with Crippen LogP contribution >= 0.6 is 12.2 Å². The van der Waals surface area contributed by atoms with Crippen LogP contribution in [-0.2, 0) is 10.2 Å². The molecule has 21 heavy (non-hydrogen) atoms. The summed E-state index contributed by atoms with van der Waals surface area (Å²) in [5.74, 6) is 0. The van der Waals surface area contributed by atoms with Crippen molar-refractivity contribution in [1.29, 1.82) is 0 Å². The Morgan fingerprint density at radius 2 is 1.76 bits per heavy atom. The molecule has 0 radical (unpaired) electrons. The number of anilines is 1. The van der Waals surface area contributed by atoms with Crippen LogP contribution < -0.4 is 10.0 Å². The van der Waals surface area contributed by atoms with Gasteiger partial charge in [0, 0.05) is 25.7 Å². The minimum atomic E-state index is -3.54. The van der Waals surface area contributed by atoms with E-state index in [9.17, 15) is 8.42 Å². The van der Waals surface area contributed by atoms with Gasteiger partial charge in [-0.1, -0.05) is 37.2 Å². The molecule has 2 N–H and O–H groups in total. The summed E-state index contributed by atoms with van der Waals surface area (Å²) >= 11 is 5.01. The fourth-order valence-corrected chi connectivity index (χ4v) is 4.17. The third-order valence-electron chi connectivity index (χ3n) is 3.75. The van der Waals surface area contributed by atoms with E-state index in [-0.39, 0.29) is 4.99 Å². The molecule has 0 aliphatic carbocycles. The Morgan fingerprint density at radius 3 is 2.33 bits per heavy atom. The van der Waals surface area contributed by atoms with Gasteiger partial charge in [-0.3, -0.25) is 4.31 Å². The maximum atomic E-state index is 12.8. The molecule has 1 aromatic rings. The molecule has 5 nitrogen and oxygen atoms in total. The van der Waals surface area contributed by atoms with E-state index in [0.717, 1.165) is 25.7 Å². The van der Waals surface area contributed by atoms with Crippen LogP contribution in [0.3, 0.4) is 0 Å². The van der Waals surface area contributed by atoms with Crippen LogP contribution in [0.4, 0.5) is 5.69 Å². The second-order valence-electron chi connectivity index (χ2n) is 5.17. The molecule has 0 unspecified atom stereocenters. The van der Waals surface area contributed by atoms with Crippen molar-refractivity contribution in [3.05, 3.63) is 29.8 Å². The van der Waals surface area contributed by atoms with Gasteiger partial charge in [0.25, 0.3) is 0 Å². The van der Waals surface area contributed by atoms with Gasteiger partial charge in [0.2, 0.25) is 0 Å². The summed E-state index contributed by atoms with van der Waals surface area (Å²) in [5, 5.41) is 0. The summed E-state index contributed by atoms with van der Waals surface area (Å²) in [6, 6.07) is 7.05. The normalized spacial score (nSPS) is 17.2. The van der Waals surface area contributed by atoms with Gasteiger partial charge in [-0.25, -0.2) is 0 Å². The number of hydrogen-bond donors (Lipinski definition) is 1. The van der Waals surface area contributed by atoms with Crippen molar-refractivity contribution in [1.82, 2.24) is 4.31 Å². The zero-order valence-corrected chi connectivity index (χ0v) is 13.8. The Bertz CT molecular complexity index is 608. The standard InChI is InChI=1S/C14H21N3O2S2/c1-16(13-9-5-4-8-12(13)14(15)20)21(18,19)17-10-6-2-3-7-11-17/h4-5,8-9H,2-3,6-7,10-11H2,1H3,(H2,15,20). The highest BCUT2D eigenvalue weighted by Gasteiger charge is 2.29. The van der Waals surface area contributed by atoms with E-state index in [0.29, 0.717) is 24.3 Å². The van der Waals surface area contributed by atoms with E-state index in [1.807, 2.05) is 0 Å². The molecule has 1 aliphatic rings. The van der Waals surface area contributed by atoms with Crippen LogP contribution in [0.5, 0.6) is 0 Å². The van der Waals surface area contributed by atoms with Gasteiger partial charge in [-0.05, 0) is 25.0 Å². The highest BCUT2D eigenvalue weighted by Crippen LogP contribution is 2.24. The highest BCUT2D eigenvalue weighted by atomic mass is 32.2. The Kier molecular flexibility index (Phi) is 5.18. The number of para-hydroxylation sites is 1. The first kappa shape index (κ1) is 16.2. The van der Waals surface area contributed by atoms with Crippen LogP contribution in [0.2, 0.25) is 0 Å². The van der Waals surface area contributed by atoms with E-state index in [4.69, 9.17) is 18.0 Å². The van der Waals surface area contributed by atoms with E-state index in [1.54, 1.807) is 35.6 Å². The molecule has 0 spiro atoms. The summed E-state index contributed by atoms with van der Waals surface area (Å²) < 4.78 is 28.4. The monoisotopic (exact) mass is 327 g/mol. The molecule has 1 fully saturated rings. The molecule has 1 aliphatic heterocycles. The quantitative estimate of drug-likeness (QED) is 0.858. The lowest BCUT2D eigenvalue weighted by atomic mass is 10.2. The Balaban J connectivity index is 2.33. The number of thiocarbonyl (C=S) groups is 1. The molecule has 2 rings (SSSR count). The summed E-state index contributed by atoms with van der Waals surface area (Å²) in [6.45, 7) is 1.14. The van der Waals surface area contributed by atoms with Gasteiger partial charge in [0.15, 0.2) is 0 Å². The molecule has 7 heteroatoms. The van der Waals surface area contributed by atoms with Crippen LogP contribution in [0, 0.1) is 0 Å². The van der Waals surface area contributed by atoms with Crippen molar-refractivity contribution in [2.24, 2.45) is 5.73 Å². The first-order valence-electron chi connectivity index (χ1n) is 7.07. The van der Waals surface area contributed by atoms with Crippen molar-refractivity contribution < 1.29 is 8.42 Å². The van der Waals surface area contributed by atoms with Gasteiger partial charge in [0.05, 0.1) is 5.69 Å². The van der Waals surface area contributed by atoms with Crippen molar-refractivity contribution >= 4 is 33.1 Å². The van der Waals surface area contributed by atoms with Crippen LogP contribution in [0.15, 0.2) is 24.3 Å². The van der Waals surface area contributed by atoms with E-state index in [2.05, 4.69) is 0 Å². The summed E-state index contributed by atoms with van der Waals surface area (Å²) in [5.41, 5.74) is 6.80. The molecule has 0 amide bonds. The molecule has 1 heterocycles. The highest BCUT2D eigenvalue weighted by molar-refractivity contribution is 7.90. The molecule has 0 saturated carbocycles. The molecule has 116 valence electrons. The van der Waals surface area contributed by atoms with Gasteiger partial charge in [-0.2, -0.15) is 12.7 Å². The first-order valence-corrected chi connectivity index (χ1v) is 8.88. The number of rotatable bonds is 4. The predicted octanol–water partition coefficient (Wildman–Crippen LogP) is 1.88. The van der Waals surface area contributed by atoms with Gasteiger partial charge in [-0.15, -0.1) is 0 Å². The Morgan fingerprint density at radius 1 is 1.19 bits per heavy atom. The van der Waals surface area contributed by atoms with E-state index in [1.165, 1.54) is 4.31 Å². The fourth-order valence-electron chi connectivity index (χ4n) is 2.53. The van der Waals surface area contributed by atoms with Gasteiger partial charge < -0.3 is 5.73 Å². The SMILES string of the molecule is CN(c1ccccc1C(N)=S)S(=O)(=O)N1CCCCCC1. The lowest BCUT2D eigenvalue weighted by molar-refractivity contribution is 0.422. The second-order valence-corrected chi connectivity index (χ2v) is 7.57. The maximum absolute atomic E-state index is 12.8. The molecular weight excluding hydrogens is 306 g/mol. The fraction of sp³-hybridized carbons (Fsp3) is 0.500. The number of nitrogens with zero attached hydrogens (tertiary/aromatic N) is 2. The number of benzene rings is 1. The zero-order valence-electron chi connectivity index (χ0n) is 12.2. The van der Waals surface area contributed by atoms with Crippen molar-refractivity contribution in [2.45, 2.75) is 25.7 Å². The number of hydrogen-bond acceptors (Lipinski definition) is 3. The smallest absolute Gasteiger partial charge is 0.303 e. The summed E-state index contributed by atoms with van der Waals surface area (Å²) in [6.07, 6.45) is 3.98. The Hall–Kier alpha value is -1.18. The second kappa shape index (κ2) is 6.72. The average molecular weight is 327 g/mol. The lowest BCUT2D eigenvalue weighted by Gasteiger charge is -2.28. The summed E-state index contributed by atoms with van der Waals surface area (Å²) in [7, 11) is -1.99. The molecular formula is C14H21N3O2S2. The topological polar surface area (TPSA) is 66.6 Å². The van der Waals surface area contributed by atoms with Crippen molar-refractivity contribution in [3.63, 3.8) is 0 Å². The zero-order chi connectivity index (χ0) is 15.5. The number of nitrogens with two attached hydrogens (primary N) is 1. The van der Waals surface area contributed by atoms with E-state index < -0.39 is 10.2 Å². The maximum Gasteiger partial charge on any atom is 0.303 e. The third-order valence-corrected chi connectivity index (χ3v) is 5.87. The minimum Gasteiger partial charge on any atom is -0.389 e. The van der Waals surface area contributed by atoms with Crippen molar-refractivity contribution in [3.8, 4) is 0 Å². The third kappa shape index (κ3) is 3.53. The largest absolute Gasteiger partial charge is 0.389 e.